The van der Waals surface area contributed by atoms with E-state index >= 15 is 0 Å². The standard InChI is InChI=1S/C19H27N5OS.ClH/c20-10-13-4-1-2-6-16(13)23-18(25)14-5-3-8-24(11-14)17-15-7-9-26-19(15)22-12-21-17;/h7,9,12-14,16H,1-6,8,10-11,20H2,(H,23,25);1H. The Morgan fingerprint density at radius 2 is 2.11 bits per heavy atom. The number of thiophene rings is 1. The molecule has 1 aliphatic heterocycles. The van der Waals surface area contributed by atoms with Crippen molar-refractivity contribution in [3.63, 3.8) is 0 Å². The van der Waals surface area contributed by atoms with Crippen molar-refractivity contribution in [2.75, 3.05) is 24.5 Å². The Bertz CT molecular complexity index is 769. The average molecular weight is 410 g/mol. The van der Waals surface area contributed by atoms with Gasteiger partial charge < -0.3 is 16.0 Å². The number of amides is 1. The van der Waals surface area contributed by atoms with Gasteiger partial charge in [0.15, 0.2) is 0 Å². The van der Waals surface area contributed by atoms with Crippen LogP contribution in [0.3, 0.4) is 0 Å². The molecule has 3 N–H and O–H groups in total. The van der Waals surface area contributed by atoms with Gasteiger partial charge in [0, 0.05) is 19.1 Å². The van der Waals surface area contributed by atoms with Gasteiger partial charge in [0.2, 0.25) is 5.91 Å². The lowest BCUT2D eigenvalue weighted by Gasteiger charge is -2.36. The number of aromatic nitrogens is 2. The summed E-state index contributed by atoms with van der Waals surface area (Å²) in [6.45, 7) is 2.34. The van der Waals surface area contributed by atoms with Crippen molar-refractivity contribution in [2.45, 2.75) is 44.6 Å². The Morgan fingerprint density at radius 3 is 2.96 bits per heavy atom. The SMILES string of the molecule is Cl.NCC1CCCCC1NC(=O)C1CCCN(c2ncnc3sccc23)C1. The first kappa shape index (κ1) is 20.3. The maximum Gasteiger partial charge on any atom is 0.225 e. The van der Waals surface area contributed by atoms with Gasteiger partial charge >= 0.3 is 0 Å². The monoisotopic (exact) mass is 409 g/mol. The largest absolute Gasteiger partial charge is 0.355 e. The van der Waals surface area contributed by atoms with E-state index in [-0.39, 0.29) is 30.3 Å². The number of carbonyl (C=O) groups is 1. The molecule has 148 valence electrons. The second kappa shape index (κ2) is 9.17. The van der Waals surface area contributed by atoms with E-state index in [9.17, 15) is 4.79 Å². The number of nitrogens with one attached hydrogen (secondary N) is 1. The molecule has 8 heteroatoms. The van der Waals surface area contributed by atoms with E-state index in [1.54, 1.807) is 17.7 Å². The molecule has 27 heavy (non-hydrogen) atoms. The number of halogens is 1. The van der Waals surface area contributed by atoms with E-state index in [4.69, 9.17) is 5.73 Å². The molecular weight excluding hydrogens is 382 g/mol. The third-order valence-corrected chi connectivity index (χ3v) is 6.69. The van der Waals surface area contributed by atoms with Gasteiger partial charge in [-0.25, -0.2) is 9.97 Å². The maximum atomic E-state index is 12.9. The second-order valence-electron chi connectivity index (χ2n) is 7.52. The summed E-state index contributed by atoms with van der Waals surface area (Å²) in [7, 11) is 0. The van der Waals surface area contributed by atoms with Gasteiger partial charge in [0.25, 0.3) is 0 Å². The maximum absolute atomic E-state index is 12.9. The molecule has 1 aliphatic carbocycles. The van der Waals surface area contributed by atoms with Crippen LogP contribution in [-0.2, 0) is 4.79 Å². The number of nitrogens with two attached hydrogens (primary N) is 1. The Morgan fingerprint density at radius 1 is 1.26 bits per heavy atom. The lowest BCUT2D eigenvalue weighted by molar-refractivity contribution is -0.126. The summed E-state index contributed by atoms with van der Waals surface area (Å²) in [5.41, 5.74) is 5.92. The van der Waals surface area contributed by atoms with E-state index in [1.807, 2.05) is 5.38 Å². The van der Waals surface area contributed by atoms with E-state index in [0.29, 0.717) is 12.5 Å². The number of rotatable bonds is 4. The zero-order chi connectivity index (χ0) is 17.9. The predicted octanol–water partition coefficient (Wildman–Crippen LogP) is 2.96. The molecule has 2 aromatic rings. The number of carbonyl (C=O) groups excluding carboxylic acids is 1. The Labute approximate surface area is 170 Å². The first-order valence-electron chi connectivity index (χ1n) is 9.70. The Balaban J connectivity index is 0.00000210. The van der Waals surface area contributed by atoms with Gasteiger partial charge in [0.1, 0.15) is 17.0 Å². The predicted molar refractivity (Wildman–Crippen MR) is 113 cm³/mol. The van der Waals surface area contributed by atoms with E-state index in [1.165, 1.54) is 12.8 Å². The number of fused-ring (bicyclic) bond motifs is 1. The molecule has 2 aliphatic rings. The smallest absolute Gasteiger partial charge is 0.225 e. The van der Waals surface area contributed by atoms with Crippen molar-refractivity contribution >= 4 is 45.7 Å². The highest BCUT2D eigenvalue weighted by molar-refractivity contribution is 7.16. The minimum absolute atomic E-state index is 0. The van der Waals surface area contributed by atoms with Crippen LogP contribution in [0.25, 0.3) is 10.2 Å². The molecule has 3 heterocycles. The molecule has 2 fully saturated rings. The molecule has 0 spiro atoms. The molecule has 4 rings (SSSR count). The average Bonchev–Trinajstić information content (AvgIpc) is 3.17. The van der Waals surface area contributed by atoms with Gasteiger partial charge in [-0.1, -0.05) is 12.8 Å². The van der Waals surface area contributed by atoms with Crippen LogP contribution < -0.4 is 16.0 Å². The van der Waals surface area contributed by atoms with Crippen molar-refractivity contribution in [3.8, 4) is 0 Å². The van der Waals surface area contributed by atoms with Crippen LogP contribution in [0.5, 0.6) is 0 Å². The molecule has 0 bridgehead atoms. The summed E-state index contributed by atoms with van der Waals surface area (Å²) in [5, 5.41) is 6.46. The molecule has 1 saturated heterocycles. The van der Waals surface area contributed by atoms with Crippen LogP contribution in [0.1, 0.15) is 38.5 Å². The van der Waals surface area contributed by atoms with E-state index in [0.717, 1.165) is 54.8 Å². The summed E-state index contributed by atoms with van der Waals surface area (Å²) < 4.78 is 0. The minimum Gasteiger partial charge on any atom is -0.355 e. The topological polar surface area (TPSA) is 84.1 Å². The number of anilines is 1. The normalized spacial score (nSPS) is 25.8. The Kier molecular flexibility index (Phi) is 6.89. The lowest BCUT2D eigenvalue weighted by atomic mass is 9.84. The molecule has 0 aromatic carbocycles. The van der Waals surface area contributed by atoms with Gasteiger partial charge in [-0.3, -0.25) is 4.79 Å². The number of nitrogens with zero attached hydrogens (tertiary/aromatic N) is 3. The van der Waals surface area contributed by atoms with Gasteiger partial charge in [0.05, 0.1) is 11.3 Å². The van der Waals surface area contributed by atoms with Crippen molar-refractivity contribution in [2.24, 2.45) is 17.6 Å². The third-order valence-electron chi connectivity index (χ3n) is 5.87. The first-order chi connectivity index (χ1) is 12.8. The summed E-state index contributed by atoms with van der Waals surface area (Å²) in [6.07, 6.45) is 8.20. The second-order valence-corrected chi connectivity index (χ2v) is 8.41. The van der Waals surface area contributed by atoms with Gasteiger partial charge in [-0.05, 0) is 49.6 Å². The molecule has 1 saturated carbocycles. The van der Waals surface area contributed by atoms with Crippen LogP contribution in [0.15, 0.2) is 17.8 Å². The lowest BCUT2D eigenvalue weighted by Crippen LogP contribution is -2.50. The fraction of sp³-hybridized carbons (Fsp3) is 0.632. The van der Waals surface area contributed by atoms with Crippen molar-refractivity contribution in [3.05, 3.63) is 17.8 Å². The van der Waals surface area contributed by atoms with Gasteiger partial charge in [-0.15, -0.1) is 23.7 Å². The fourth-order valence-electron chi connectivity index (χ4n) is 4.39. The molecular formula is C19H28ClN5OS. The van der Waals surface area contributed by atoms with Crippen LogP contribution in [0.4, 0.5) is 5.82 Å². The minimum atomic E-state index is 0. The third kappa shape index (κ3) is 4.36. The van der Waals surface area contributed by atoms with Crippen LogP contribution in [-0.4, -0.2) is 41.6 Å². The zero-order valence-electron chi connectivity index (χ0n) is 15.5. The molecule has 6 nitrogen and oxygen atoms in total. The molecule has 3 atom stereocenters. The van der Waals surface area contributed by atoms with Crippen molar-refractivity contribution < 1.29 is 4.79 Å². The zero-order valence-corrected chi connectivity index (χ0v) is 17.1. The summed E-state index contributed by atoms with van der Waals surface area (Å²) in [5.74, 6) is 1.61. The quantitative estimate of drug-likeness (QED) is 0.810. The van der Waals surface area contributed by atoms with E-state index < -0.39 is 0 Å². The number of piperidine rings is 1. The highest BCUT2D eigenvalue weighted by Gasteiger charge is 2.31. The Hall–Kier alpha value is -1.44. The van der Waals surface area contributed by atoms with Gasteiger partial charge in [-0.2, -0.15) is 0 Å². The van der Waals surface area contributed by atoms with Crippen molar-refractivity contribution in [1.82, 2.24) is 15.3 Å². The molecule has 1 amide bonds. The van der Waals surface area contributed by atoms with Crippen LogP contribution in [0, 0.1) is 11.8 Å². The molecule has 3 unspecified atom stereocenters. The first-order valence-corrected chi connectivity index (χ1v) is 10.6. The number of hydrogen-bond acceptors (Lipinski definition) is 6. The van der Waals surface area contributed by atoms with Crippen molar-refractivity contribution in [1.29, 1.82) is 0 Å². The highest BCUT2D eigenvalue weighted by atomic mass is 35.5. The summed E-state index contributed by atoms with van der Waals surface area (Å²) in [6, 6.07) is 2.33. The molecule has 2 aromatic heterocycles. The molecule has 0 radical (unpaired) electrons. The summed E-state index contributed by atoms with van der Waals surface area (Å²) >= 11 is 1.63. The van der Waals surface area contributed by atoms with Crippen LogP contribution in [0.2, 0.25) is 0 Å². The van der Waals surface area contributed by atoms with E-state index in [2.05, 4.69) is 26.3 Å². The van der Waals surface area contributed by atoms with Crippen LogP contribution >= 0.6 is 23.7 Å². The highest BCUT2D eigenvalue weighted by Crippen LogP contribution is 2.30. The number of hydrogen-bond donors (Lipinski definition) is 2. The summed E-state index contributed by atoms with van der Waals surface area (Å²) in [4.78, 5) is 25.0. The fourth-order valence-corrected chi connectivity index (χ4v) is 5.12.